The predicted octanol–water partition coefficient (Wildman–Crippen LogP) is -0.850. The van der Waals surface area contributed by atoms with Crippen LogP contribution in [0.5, 0.6) is 0 Å². The molecule has 0 aliphatic heterocycles. The monoisotopic (exact) mass is 373 g/mol. The van der Waals surface area contributed by atoms with Crippen molar-refractivity contribution in [2.75, 3.05) is 4.93 Å². The number of rotatable bonds is 2. The summed E-state index contributed by atoms with van der Waals surface area (Å²) in [7, 11) is 0. The molecule has 0 aliphatic carbocycles. The van der Waals surface area contributed by atoms with Crippen molar-refractivity contribution in [2.24, 2.45) is 0 Å². The fraction of sp³-hybridized carbons (Fsp3) is 0.125. The van der Waals surface area contributed by atoms with Gasteiger partial charge >= 0.3 is 90.7 Å². The summed E-state index contributed by atoms with van der Waals surface area (Å²) >= 11 is 1.97. The molecule has 0 bridgehead atoms. The SMILES string of the molecule is C[I-]c1ccc(C(=O)I)cc1. The van der Waals surface area contributed by atoms with Crippen molar-refractivity contribution in [3.63, 3.8) is 0 Å². The average molecular weight is 373 g/mol. The molecule has 1 aromatic carbocycles. The number of carbonyl (C=O) groups excluding carboxylic acids is 1. The first-order valence-electron chi connectivity index (χ1n) is 3.03. The molecular formula is C8H7I2O-. The summed E-state index contributed by atoms with van der Waals surface area (Å²) in [6.07, 6.45) is 0. The van der Waals surface area contributed by atoms with Gasteiger partial charge in [-0.15, -0.1) is 0 Å². The van der Waals surface area contributed by atoms with Crippen LogP contribution in [0.1, 0.15) is 10.4 Å². The second-order valence-corrected chi connectivity index (χ2v) is 5.27. The third kappa shape index (κ3) is 2.70. The molecule has 0 atom stereocenters. The Labute approximate surface area is 90.0 Å². The Balaban J connectivity index is 2.91. The average Bonchev–Trinajstić information content (AvgIpc) is 2.05. The second kappa shape index (κ2) is 4.39. The van der Waals surface area contributed by atoms with Gasteiger partial charge in [0.25, 0.3) is 0 Å². The van der Waals surface area contributed by atoms with Crippen LogP contribution in [-0.4, -0.2) is 8.72 Å². The van der Waals surface area contributed by atoms with Crippen LogP contribution in [0.3, 0.4) is 0 Å². The summed E-state index contributed by atoms with van der Waals surface area (Å²) in [6.45, 7) is 0. The van der Waals surface area contributed by atoms with E-state index >= 15 is 0 Å². The van der Waals surface area contributed by atoms with Gasteiger partial charge in [-0.2, -0.15) is 0 Å². The normalized spacial score (nSPS) is 10.0. The van der Waals surface area contributed by atoms with Gasteiger partial charge in [0.05, 0.1) is 0 Å². The van der Waals surface area contributed by atoms with E-state index in [-0.39, 0.29) is 25.0 Å². The second-order valence-electron chi connectivity index (χ2n) is 1.97. The number of carbonyl (C=O) groups is 1. The minimum absolute atomic E-state index is 0.114. The van der Waals surface area contributed by atoms with E-state index in [0.717, 1.165) is 5.56 Å². The molecule has 0 saturated carbocycles. The molecule has 0 N–H and O–H groups in total. The maximum absolute atomic E-state index is 10.8. The van der Waals surface area contributed by atoms with Crippen LogP contribution in [-0.2, 0) is 0 Å². The Hall–Kier alpha value is 0.350. The number of benzene rings is 1. The van der Waals surface area contributed by atoms with Crippen molar-refractivity contribution >= 4 is 26.4 Å². The zero-order valence-electron chi connectivity index (χ0n) is 5.97. The molecule has 0 fully saturated rings. The molecule has 0 spiro atoms. The molecule has 1 nitrogen and oxygen atoms in total. The van der Waals surface area contributed by atoms with Crippen LogP contribution in [0.15, 0.2) is 24.3 Å². The van der Waals surface area contributed by atoms with E-state index in [1.165, 1.54) is 3.57 Å². The fourth-order valence-electron chi connectivity index (χ4n) is 0.707. The molecule has 60 valence electrons. The molecule has 0 saturated heterocycles. The van der Waals surface area contributed by atoms with Crippen LogP contribution in [0.25, 0.3) is 0 Å². The molecule has 1 aromatic rings. The minimum atomic E-state index is 0.114. The number of alkyl halides is 1. The van der Waals surface area contributed by atoms with Gasteiger partial charge in [-0.3, -0.25) is 0 Å². The van der Waals surface area contributed by atoms with Gasteiger partial charge in [0.15, 0.2) is 0 Å². The Morgan fingerprint density at radius 1 is 1.36 bits per heavy atom. The van der Waals surface area contributed by atoms with Crippen molar-refractivity contribution in [1.82, 2.24) is 0 Å². The Kier molecular flexibility index (Phi) is 3.77. The van der Waals surface area contributed by atoms with Crippen molar-refractivity contribution in [3.05, 3.63) is 33.4 Å². The van der Waals surface area contributed by atoms with E-state index in [4.69, 9.17) is 0 Å². The van der Waals surface area contributed by atoms with Gasteiger partial charge in [-0.1, -0.05) is 0 Å². The van der Waals surface area contributed by atoms with E-state index in [2.05, 4.69) is 4.93 Å². The summed E-state index contributed by atoms with van der Waals surface area (Å²) in [5.74, 6) is 0. The van der Waals surface area contributed by atoms with E-state index in [0.29, 0.717) is 0 Å². The predicted molar refractivity (Wildman–Crippen MR) is 49.4 cm³/mol. The molecule has 11 heavy (non-hydrogen) atoms. The van der Waals surface area contributed by atoms with Crippen LogP contribution in [0.4, 0.5) is 0 Å². The summed E-state index contributed by atoms with van der Waals surface area (Å²) in [4.78, 5) is 13.0. The van der Waals surface area contributed by atoms with E-state index in [1.54, 1.807) is 22.6 Å². The summed E-state index contributed by atoms with van der Waals surface area (Å²) < 4.78 is 1.49. The molecule has 0 aromatic heterocycles. The summed E-state index contributed by atoms with van der Waals surface area (Å²) in [5.41, 5.74) is 0.798. The molecule has 0 heterocycles. The third-order valence-electron chi connectivity index (χ3n) is 1.29. The molecular weight excluding hydrogens is 366 g/mol. The summed E-state index contributed by atoms with van der Waals surface area (Å²) in [5, 5.41) is 0. The Morgan fingerprint density at radius 2 is 1.91 bits per heavy atom. The van der Waals surface area contributed by atoms with Crippen molar-refractivity contribution in [1.29, 1.82) is 0 Å². The van der Waals surface area contributed by atoms with Gasteiger partial charge in [-0.25, -0.2) is 0 Å². The molecule has 0 aliphatic rings. The molecule has 0 radical (unpaired) electrons. The molecule has 0 amide bonds. The van der Waals surface area contributed by atoms with Crippen LogP contribution < -0.4 is 21.2 Å². The first kappa shape index (κ1) is 9.44. The van der Waals surface area contributed by atoms with E-state index in [1.807, 2.05) is 24.3 Å². The molecule has 3 heteroatoms. The van der Waals surface area contributed by atoms with Crippen LogP contribution >= 0.6 is 22.6 Å². The zero-order valence-corrected chi connectivity index (χ0v) is 10.3. The zero-order chi connectivity index (χ0) is 8.27. The standard InChI is InChI=1S/C8H7I2O/c1-10-7-4-2-6(3-5-7)8(9)11/h2-5H,1H3/q-1. The van der Waals surface area contributed by atoms with Crippen molar-refractivity contribution in [3.8, 4) is 0 Å². The quantitative estimate of drug-likeness (QED) is 0.375. The van der Waals surface area contributed by atoms with Gasteiger partial charge in [-0.05, 0) is 0 Å². The van der Waals surface area contributed by atoms with Crippen LogP contribution in [0, 0.1) is 3.57 Å². The number of hydrogen-bond donors (Lipinski definition) is 0. The fourth-order valence-corrected chi connectivity index (χ4v) is 2.15. The van der Waals surface area contributed by atoms with Gasteiger partial charge in [0.2, 0.25) is 0 Å². The van der Waals surface area contributed by atoms with Crippen molar-refractivity contribution < 1.29 is 26.0 Å². The molecule has 0 unspecified atom stereocenters. The van der Waals surface area contributed by atoms with E-state index in [9.17, 15) is 4.79 Å². The number of halogens is 2. The first-order chi connectivity index (χ1) is 5.24. The first-order valence-corrected chi connectivity index (χ1v) is 7.35. The summed E-state index contributed by atoms with van der Waals surface area (Å²) in [6, 6.07) is 7.87. The topological polar surface area (TPSA) is 17.1 Å². The molecule has 1 rings (SSSR count). The Bertz CT molecular complexity index is 253. The Morgan fingerprint density at radius 3 is 2.27 bits per heavy atom. The van der Waals surface area contributed by atoms with Gasteiger partial charge in [0.1, 0.15) is 0 Å². The van der Waals surface area contributed by atoms with Gasteiger partial charge < -0.3 is 0 Å². The maximum atomic E-state index is 10.8. The van der Waals surface area contributed by atoms with E-state index < -0.39 is 0 Å². The van der Waals surface area contributed by atoms with Gasteiger partial charge in [0, 0.05) is 0 Å². The van der Waals surface area contributed by atoms with Crippen LogP contribution in [0.2, 0.25) is 0 Å². The van der Waals surface area contributed by atoms with Crippen molar-refractivity contribution in [2.45, 2.75) is 0 Å². The number of hydrogen-bond acceptors (Lipinski definition) is 1. The third-order valence-corrected chi connectivity index (χ3v) is 3.88.